The highest BCUT2D eigenvalue weighted by Crippen LogP contribution is 2.29. The van der Waals surface area contributed by atoms with Gasteiger partial charge in [0.2, 0.25) is 5.78 Å². The average molecular weight is 301 g/mol. The maximum atomic E-state index is 12.0. The number of carbonyl (C=O) groups excluding carboxylic acids is 3. The lowest BCUT2D eigenvalue weighted by molar-refractivity contribution is -0.137. The first-order valence-electron chi connectivity index (χ1n) is 6.46. The van der Waals surface area contributed by atoms with Gasteiger partial charge in [-0.25, -0.2) is 0 Å². The molecule has 1 N–H and O–H groups in total. The number of nitrogens with one attached hydrogen (secondary N) is 1. The Morgan fingerprint density at radius 1 is 1.05 bits per heavy atom. The predicted octanol–water partition coefficient (Wildman–Crippen LogP) is 2.61. The molecule has 2 rings (SSSR count). The molecule has 0 saturated heterocycles. The molecule has 4 nitrogen and oxygen atoms in total. The van der Waals surface area contributed by atoms with Gasteiger partial charge in [0.25, 0.3) is 5.91 Å². The number of Topliss-reactive ketones (excluding diaryl/α,β-unsaturated/α-hetero) is 2. The van der Waals surface area contributed by atoms with Crippen LogP contribution in [0.4, 0.5) is 0 Å². The van der Waals surface area contributed by atoms with Crippen LogP contribution in [0.15, 0.2) is 36.4 Å². The maximum Gasteiger partial charge on any atom is 0.287 e. The van der Waals surface area contributed by atoms with Crippen LogP contribution in [0.3, 0.4) is 0 Å². The van der Waals surface area contributed by atoms with E-state index in [1.807, 2.05) is 37.3 Å². The van der Waals surface area contributed by atoms with Gasteiger partial charge in [0.15, 0.2) is 5.78 Å². The number of hydrogen-bond acceptors (Lipinski definition) is 4. The number of rotatable bonds is 5. The number of ketones is 2. The first kappa shape index (κ1) is 15.1. The Kier molecular flexibility index (Phi) is 4.65. The Morgan fingerprint density at radius 3 is 2.33 bits per heavy atom. The van der Waals surface area contributed by atoms with E-state index in [0.29, 0.717) is 4.88 Å². The molecule has 0 fully saturated rings. The quantitative estimate of drug-likeness (QED) is 0.524. The molecule has 21 heavy (non-hydrogen) atoms. The Bertz CT molecular complexity index is 686. The number of likely N-dealkylation sites (N-methyl/N-ethyl adjacent to an activating group) is 1. The Labute approximate surface area is 126 Å². The average Bonchev–Trinajstić information content (AvgIpc) is 2.97. The normalized spacial score (nSPS) is 10.2. The van der Waals surface area contributed by atoms with E-state index in [0.717, 1.165) is 10.4 Å². The zero-order chi connectivity index (χ0) is 15.4. The molecule has 1 aromatic carbocycles. The van der Waals surface area contributed by atoms with Gasteiger partial charge in [-0.3, -0.25) is 14.4 Å². The fraction of sp³-hybridized carbons (Fsp3) is 0.188. The number of thiophene rings is 1. The first-order valence-corrected chi connectivity index (χ1v) is 7.28. The Morgan fingerprint density at radius 2 is 1.71 bits per heavy atom. The molecule has 1 aromatic heterocycles. The van der Waals surface area contributed by atoms with E-state index < -0.39 is 18.1 Å². The van der Waals surface area contributed by atoms with Crippen molar-refractivity contribution in [1.29, 1.82) is 0 Å². The van der Waals surface area contributed by atoms with Gasteiger partial charge in [-0.15, -0.1) is 11.3 Å². The summed E-state index contributed by atoms with van der Waals surface area (Å²) in [6, 6.07) is 11.5. The van der Waals surface area contributed by atoms with Crippen LogP contribution in [-0.4, -0.2) is 24.5 Å². The van der Waals surface area contributed by atoms with Crippen molar-refractivity contribution in [2.45, 2.75) is 13.3 Å². The van der Waals surface area contributed by atoms with Crippen molar-refractivity contribution >= 4 is 28.8 Å². The van der Waals surface area contributed by atoms with Gasteiger partial charge in [-0.2, -0.15) is 0 Å². The zero-order valence-corrected chi connectivity index (χ0v) is 12.6. The molecular weight excluding hydrogens is 286 g/mol. The van der Waals surface area contributed by atoms with Crippen LogP contribution in [-0.2, 0) is 9.59 Å². The molecule has 0 aliphatic rings. The number of benzene rings is 1. The molecule has 0 aliphatic carbocycles. The summed E-state index contributed by atoms with van der Waals surface area (Å²) in [4.78, 5) is 36.0. The van der Waals surface area contributed by atoms with E-state index in [1.54, 1.807) is 6.07 Å². The summed E-state index contributed by atoms with van der Waals surface area (Å²) in [5.41, 5.74) is 2.20. The molecule has 0 radical (unpaired) electrons. The third-order valence-electron chi connectivity index (χ3n) is 3.02. The lowest BCUT2D eigenvalue weighted by atomic mass is 10.1. The SMILES string of the molecule is CNC(=O)C(=O)CC(=O)c1ccc(-c2ccc(C)cc2)s1. The summed E-state index contributed by atoms with van der Waals surface area (Å²) in [7, 11) is 1.37. The molecule has 5 heteroatoms. The largest absolute Gasteiger partial charge is 0.353 e. The summed E-state index contributed by atoms with van der Waals surface area (Å²) in [6.45, 7) is 2.01. The highest BCUT2D eigenvalue weighted by Gasteiger charge is 2.19. The van der Waals surface area contributed by atoms with Crippen LogP contribution in [0.25, 0.3) is 10.4 Å². The van der Waals surface area contributed by atoms with E-state index in [4.69, 9.17) is 0 Å². The maximum absolute atomic E-state index is 12.0. The fourth-order valence-electron chi connectivity index (χ4n) is 1.81. The molecule has 0 aliphatic heterocycles. The van der Waals surface area contributed by atoms with Crippen molar-refractivity contribution in [3.8, 4) is 10.4 Å². The minimum absolute atomic E-state index is 0.327. The van der Waals surface area contributed by atoms with Gasteiger partial charge in [-0.05, 0) is 24.6 Å². The second-order valence-electron chi connectivity index (χ2n) is 4.63. The van der Waals surface area contributed by atoms with E-state index in [9.17, 15) is 14.4 Å². The molecule has 1 amide bonds. The summed E-state index contributed by atoms with van der Waals surface area (Å²) >= 11 is 1.33. The van der Waals surface area contributed by atoms with Gasteiger partial charge < -0.3 is 5.32 Å². The molecule has 0 unspecified atom stereocenters. The minimum Gasteiger partial charge on any atom is -0.353 e. The third-order valence-corrected chi connectivity index (χ3v) is 4.19. The molecular formula is C16H15NO3S. The zero-order valence-electron chi connectivity index (χ0n) is 11.8. The highest BCUT2D eigenvalue weighted by molar-refractivity contribution is 7.17. The van der Waals surface area contributed by atoms with Crippen LogP contribution in [0, 0.1) is 6.92 Å². The van der Waals surface area contributed by atoms with Crippen molar-refractivity contribution in [2.24, 2.45) is 0 Å². The lowest BCUT2D eigenvalue weighted by Gasteiger charge is -1.98. The van der Waals surface area contributed by atoms with E-state index in [2.05, 4.69) is 5.32 Å². The van der Waals surface area contributed by atoms with Crippen molar-refractivity contribution in [1.82, 2.24) is 5.32 Å². The van der Waals surface area contributed by atoms with Gasteiger partial charge in [-0.1, -0.05) is 29.8 Å². The summed E-state index contributed by atoms with van der Waals surface area (Å²) in [6.07, 6.45) is -0.395. The van der Waals surface area contributed by atoms with Gasteiger partial charge in [0.1, 0.15) is 0 Å². The highest BCUT2D eigenvalue weighted by atomic mass is 32.1. The standard InChI is InChI=1S/C16H15NO3S/c1-10-3-5-11(6-4-10)14-7-8-15(21-14)12(18)9-13(19)16(20)17-2/h3-8H,9H2,1-2H3,(H,17,20). The van der Waals surface area contributed by atoms with E-state index in [-0.39, 0.29) is 5.78 Å². The van der Waals surface area contributed by atoms with Crippen LogP contribution in [0.2, 0.25) is 0 Å². The van der Waals surface area contributed by atoms with Gasteiger partial charge in [0, 0.05) is 11.9 Å². The second kappa shape index (κ2) is 6.45. The molecule has 0 saturated carbocycles. The van der Waals surface area contributed by atoms with Crippen molar-refractivity contribution in [3.05, 3.63) is 46.8 Å². The van der Waals surface area contributed by atoms with Crippen LogP contribution >= 0.6 is 11.3 Å². The van der Waals surface area contributed by atoms with Crippen molar-refractivity contribution in [2.75, 3.05) is 7.05 Å². The smallest absolute Gasteiger partial charge is 0.287 e. The number of hydrogen-bond donors (Lipinski definition) is 1. The molecule has 108 valence electrons. The van der Waals surface area contributed by atoms with Crippen LogP contribution in [0.5, 0.6) is 0 Å². The number of carbonyl (C=O) groups is 3. The van der Waals surface area contributed by atoms with Gasteiger partial charge >= 0.3 is 0 Å². The van der Waals surface area contributed by atoms with E-state index in [1.165, 1.54) is 23.9 Å². The molecule has 0 bridgehead atoms. The Balaban J connectivity index is 2.12. The van der Waals surface area contributed by atoms with E-state index >= 15 is 0 Å². The third kappa shape index (κ3) is 3.64. The van der Waals surface area contributed by atoms with Crippen LogP contribution < -0.4 is 5.32 Å². The summed E-state index contributed by atoms with van der Waals surface area (Å²) < 4.78 is 0. The lowest BCUT2D eigenvalue weighted by Crippen LogP contribution is -2.28. The predicted molar refractivity (Wildman–Crippen MR) is 82.5 cm³/mol. The summed E-state index contributed by atoms with van der Waals surface area (Å²) in [5.74, 6) is -1.78. The first-order chi connectivity index (χ1) is 10.0. The molecule has 0 atom stereocenters. The summed E-state index contributed by atoms with van der Waals surface area (Å²) in [5, 5.41) is 2.22. The number of aryl methyl sites for hydroxylation is 1. The van der Waals surface area contributed by atoms with Crippen molar-refractivity contribution < 1.29 is 14.4 Å². The number of amides is 1. The minimum atomic E-state index is -0.737. The monoisotopic (exact) mass is 301 g/mol. The van der Waals surface area contributed by atoms with Gasteiger partial charge in [0.05, 0.1) is 11.3 Å². The molecule has 0 spiro atoms. The molecule has 2 aromatic rings. The van der Waals surface area contributed by atoms with Crippen molar-refractivity contribution in [3.63, 3.8) is 0 Å². The second-order valence-corrected chi connectivity index (χ2v) is 5.72. The topological polar surface area (TPSA) is 63.2 Å². The fourth-order valence-corrected chi connectivity index (χ4v) is 2.76. The van der Waals surface area contributed by atoms with Crippen LogP contribution in [0.1, 0.15) is 21.7 Å². The molecule has 1 heterocycles. The Hall–Kier alpha value is -2.27.